The second kappa shape index (κ2) is 13.7. The number of hydrogen-bond donors (Lipinski definition) is 0. The second-order valence-electron chi connectivity index (χ2n) is 11.6. The Labute approximate surface area is 362 Å². The SMILES string of the molecule is [2H]C1=C([2H])C(c2c([2H])c([2H])c(-c3c([2H])c([2H])c4c(c3[2H])-c3c([2H])c([2H])c([2H])c([2H])c3C3C([2H])=C([2H])C([2H])=C([2H])C43)c([2H])c2[2H])C([2H])C([2H])=C1c1c([2H])c([2H])c([2H])c(-c2nc(-c3c([2H])c([2H])c([2H])c([2H])c3[2H])nc(-c3c([2H])c([2H])c([2H])c([2H])c3[2H])n2)c1[2H]. The monoisotopic (exact) mass is 725 g/mol. The summed E-state index contributed by atoms with van der Waals surface area (Å²) in [6.45, 7) is 0. The summed E-state index contributed by atoms with van der Waals surface area (Å²) in [5.74, 6) is -7.91. The van der Waals surface area contributed by atoms with Crippen LogP contribution in [0.5, 0.6) is 0 Å². The van der Waals surface area contributed by atoms with E-state index in [2.05, 4.69) is 15.0 Å². The molecular formula is C51H37N3. The molecule has 3 nitrogen and oxygen atoms in total. The Balaban J connectivity index is 1.17. The van der Waals surface area contributed by atoms with Crippen molar-refractivity contribution >= 4 is 5.57 Å². The highest BCUT2D eigenvalue weighted by Gasteiger charge is 2.31. The van der Waals surface area contributed by atoms with E-state index in [-0.39, 0.29) is 5.56 Å². The molecule has 7 aromatic rings. The minimum absolute atomic E-state index is 0.385. The number of nitrogens with zero attached hydrogens (tertiary/aromatic N) is 3. The lowest BCUT2D eigenvalue weighted by atomic mass is 9.69. The molecule has 0 spiro atoms. The third-order valence-corrected chi connectivity index (χ3v) is 8.41. The fourth-order valence-corrected chi connectivity index (χ4v) is 5.90. The Morgan fingerprint density at radius 1 is 0.463 bits per heavy atom. The first-order chi connectivity index (χ1) is 40.5. The van der Waals surface area contributed by atoms with E-state index in [9.17, 15) is 16.4 Å². The minimum atomic E-state index is -2.25. The van der Waals surface area contributed by atoms with E-state index in [0.717, 1.165) is 0 Å². The summed E-state index contributed by atoms with van der Waals surface area (Å²) < 4.78 is 293. The molecule has 0 bridgehead atoms. The van der Waals surface area contributed by atoms with Gasteiger partial charge in [0.05, 0.1) is 43.9 Å². The lowest BCUT2D eigenvalue weighted by Gasteiger charge is -2.34. The normalized spacial score (nSPS) is 29.2. The Morgan fingerprint density at radius 3 is 1.74 bits per heavy atom. The van der Waals surface area contributed by atoms with Crippen molar-refractivity contribution in [3.05, 3.63) is 216 Å². The van der Waals surface area contributed by atoms with Gasteiger partial charge in [-0.15, -0.1) is 0 Å². The van der Waals surface area contributed by atoms with Crippen LogP contribution in [0.1, 0.15) is 91.6 Å². The molecule has 10 rings (SSSR count). The summed E-state index contributed by atoms with van der Waals surface area (Å²) >= 11 is 0. The average Bonchev–Trinajstić information content (AvgIpc) is 0.717. The number of aromatic nitrogens is 3. The molecule has 3 aliphatic rings. The molecule has 0 saturated heterocycles. The highest BCUT2D eigenvalue weighted by molar-refractivity contribution is 5.82. The van der Waals surface area contributed by atoms with Gasteiger partial charge in [-0.05, 0) is 68.6 Å². The number of rotatable bonds is 6. The van der Waals surface area contributed by atoms with Crippen molar-refractivity contribution in [2.45, 2.75) is 24.2 Å². The standard InChI is InChI=1S/C51H37N3/c1-3-12-38(13-4-1)49-52-50(39-14-5-2-6-15-39)54-51(53-49)42-17-11-16-40(32-42)36-26-22-34(23-27-36)35-24-28-37(29-25-35)41-30-31-47-45-20-8-7-18-43(45)44-19-9-10-21-46(44)48(47)33-41/h1-22,24-34,43,45H,23H2/i1D,2D,3D,4D,5D,6D,7D,8D,9D,10D,11D,12D,13D,14D,15D,16D,17D,18D,19D,20D,21D,22D,23D,24D,25D,26D,27D,28D,29D,30D,31D,32D,33D. The van der Waals surface area contributed by atoms with Gasteiger partial charge in [0.1, 0.15) is 0 Å². The molecule has 0 amide bonds. The van der Waals surface area contributed by atoms with Crippen molar-refractivity contribution < 1.29 is 45.2 Å². The summed E-state index contributed by atoms with van der Waals surface area (Å²) in [6.07, 6.45) is -2.25. The summed E-state index contributed by atoms with van der Waals surface area (Å²) in [5.41, 5.74) is -8.44. The Hall–Kier alpha value is -6.71. The van der Waals surface area contributed by atoms with Crippen molar-refractivity contribution in [1.82, 2.24) is 15.0 Å². The van der Waals surface area contributed by atoms with Gasteiger partial charge in [-0.25, -0.2) is 15.0 Å². The summed E-state index contributed by atoms with van der Waals surface area (Å²) in [5, 5.41) is 0. The molecule has 256 valence electrons. The highest BCUT2D eigenvalue weighted by atomic mass is 15.0. The summed E-state index contributed by atoms with van der Waals surface area (Å²) in [4.78, 5) is 12.6. The molecule has 4 atom stereocenters. The fraction of sp³-hybridized carbons (Fsp3) is 0.0784. The van der Waals surface area contributed by atoms with Crippen LogP contribution in [0.25, 0.3) is 62.0 Å². The van der Waals surface area contributed by atoms with Crippen LogP contribution in [0.3, 0.4) is 0 Å². The smallest absolute Gasteiger partial charge is 0.164 e. The van der Waals surface area contributed by atoms with E-state index in [4.69, 9.17) is 28.8 Å². The maximum Gasteiger partial charge on any atom is 0.164 e. The van der Waals surface area contributed by atoms with Crippen LogP contribution in [0.2, 0.25) is 0 Å². The van der Waals surface area contributed by atoms with Gasteiger partial charge in [-0.1, -0.05) is 181 Å². The minimum Gasteiger partial charge on any atom is -0.208 e. The van der Waals surface area contributed by atoms with Gasteiger partial charge in [0, 0.05) is 35.8 Å². The fourth-order valence-electron chi connectivity index (χ4n) is 5.90. The molecular weight excluding hydrogens is 655 g/mol. The van der Waals surface area contributed by atoms with Gasteiger partial charge in [0.25, 0.3) is 0 Å². The lowest BCUT2D eigenvalue weighted by molar-refractivity contribution is 0.720. The number of fused-ring (bicyclic) bond motifs is 6. The molecule has 3 aliphatic carbocycles. The molecule has 3 heteroatoms. The van der Waals surface area contributed by atoms with Crippen molar-refractivity contribution in [3.63, 3.8) is 0 Å². The predicted octanol–water partition coefficient (Wildman–Crippen LogP) is 12.6. The zero-order valence-electron chi connectivity index (χ0n) is 60.2. The van der Waals surface area contributed by atoms with Gasteiger partial charge < -0.3 is 0 Å². The van der Waals surface area contributed by atoms with Crippen LogP contribution in [0, 0.1) is 0 Å². The van der Waals surface area contributed by atoms with Gasteiger partial charge >= 0.3 is 0 Å². The van der Waals surface area contributed by atoms with Crippen LogP contribution in [-0.4, -0.2) is 15.0 Å². The highest BCUT2D eigenvalue weighted by Crippen LogP contribution is 2.50. The second-order valence-corrected chi connectivity index (χ2v) is 11.6. The predicted molar refractivity (Wildman–Crippen MR) is 222 cm³/mol. The van der Waals surface area contributed by atoms with Crippen molar-refractivity contribution in [1.29, 1.82) is 0 Å². The third kappa shape index (κ3) is 5.94. The molecule has 0 radical (unpaired) electrons. The van der Waals surface area contributed by atoms with Gasteiger partial charge in [-0.2, -0.15) is 0 Å². The zero-order chi connectivity index (χ0) is 64.6. The Bertz CT molecular complexity index is 4350. The third-order valence-electron chi connectivity index (χ3n) is 8.41. The molecule has 1 heterocycles. The summed E-state index contributed by atoms with van der Waals surface area (Å²) in [6, 6.07) is -29.5. The first kappa shape index (κ1) is 12.7. The lowest BCUT2D eigenvalue weighted by Crippen LogP contribution is -2.16. The van der Waals surface area contributed by atoms with Crippen molar-refractivity contribution in [3.8, 4) is 56.4 Å². The maximum atomic E-state index is 9.62. The molecule has 4 unspecified atom stereocenters. The van der Waals surface area contributed by atoms with E-state index in [1.165, 1.54) is 0 Å². The van der Waals surface area contributed by atoms with Crippen LogP contribution in [0.4, 0.5) is 0 Å². The Morgan fingerprint density at radius 2 is 1.04 bits per heavy atom. The molecule has 1 aromatic heterocycles. The van der Waals surface area contributed by atoms with Gasteiger partial charge in [0.2, 0.25) is 0 Å². The van der Waals surface area contributed by atoms with Crippen LogP contribution in [0.15, 0.2) is 193 Å². The molecule has 54 heavy (non-hydrogen) atoms. The summed E-state index contributed by atoms with van der Waals surface area (Å²) in [7, 11) is 0. The van der Waals surface area contributed by atoms with Crippen LogP contribution >= 0.6 is 0 Å². The van der Waals surface area contributed by atoms with E-state index >= 15 is 0 Å². The first-order valence-electron chi connectivity index (χ1n) is 32.6. The van der Waals surface area contributed by atoms with Crippen LogP contribution in [-0.2, 0) is 0 Å². The Kier molecular flexibility index (Phi) is 3.22. The van der Waals surface area contributed by atoms with Crippen molar-refractivity contribution in [2.24, 2.45) is 0 Å². The van der Waals surface area contributed by atoms with Gasteiger partial charge in [-0.3, -0.25) is 0 Å². The number of hydrogen-bond acceptors (Lipinski definition) is 3. The van der Waals surface area contributed by atoms with E-state index in [1.807, 2.05) is 0 Å². The van der Waals surface area contributed by atoms with E-state index in [1.54, 1.807) is 0 Å². The maximum absolute atomic E-state index is 9.62. The van der Waals surface area contributed by atoms with E-state index in [0.29, 0.717) is 0 Å². The molecule has 0 fully saturated rings. The quantitative estimate of drug-likeness (QED) is 0.171. The molecule has 0 aliphatic heterocycles. The van der Waals surface area contributed by atoms with Gasteiger partial charge in [0.15, 0.2) is 17.5 Å². The zero-order valence-corrected chi connectivity index (χ0v) is 27.2. The first-order valence-corrected chi connectivity index (χ1v) is 16.0. The van der Waals surface area contributed by atoms with E-state index < -0.39 is 296 Å². The topological polar surface area (TPSA) is 38.7 Å². The largest absolute Gasteiger partial charge is 0.208 e. The molecule has 0 saturated carbocycles. The number of benzene rings is 6. The van der Waals surface area contributed by atoms with Crippen LogP contribution < -0.4 is 0 Å². The number of allylic oxidation sites excluding steroid dienone is 8. The molecule has 0 N–H and O–H groups in total. The molecule has 6 aromatic carbocycles. The average molecular weight is 725 g/mol. The van der Waals surface area contributed by atoms with Crippen molar-refractivity contribution in [2.75, 3.05) is 0 Å².